The normalized spacial score (nSPS) is 26.5. The van der Waals surface area contributed by atoms with Gasteiger partial charge in [0.05, 0.1) is 6.07 Å². The van der Waals surface area contributed by atoms with Crippen molar-refractivity contribution in [1.29, 1.82) is 5.26 Å². The maximum atomic E-state index is 11.8. The molecule has 0 aromatic rings. The van der Waals surface area contributed by atoms with Crippen LogP contribution in [0.25, 0.3) is 0 Å². The monoisotopic (exact) mass is 273 g/mol. The van der Waals surface area contributed by atoms with Crippen molar-refractivity contribution in [2.24, 2.45) is 5.41 Å². The minimum Gasteiger partial charge on any atom is -0.316 e. The van der Waals surface area contributed by atoms with Crippen LogP contribution >= 0.6 is 0 Å². The molecule has 2 unspecified atom stereocenters. The lowest BCUT2D eigenvalue weighted by Crippen LogP contribution is -2.48. The highest BCUT2D eigenvalue weighted by molar-refractivity contribution is 7.90. The Bertz CT molecular complexity index is 389. The van der Waals surface area contributed by atoms with Gasteiger partial charge in [-0.05, 0) is 38.1 Å². The van der Waals surface area contributed by atoms with Crippen LogP contribution in [0.1, 0.15) is 39.5 Å². The van der Waals surface area contributed by atoms with E-state index in [1.807, 2.05) is 0 Å². The lowest BCUT2D eigenvalue weighted by molar-refractivity contribution is 0.193. The van der Waals surface area contributed by atoms with Gasteiger partial charge in [-0.1, -0.05) is 13.3 Å². The van der Waals surface area contributed by atoms with Crippen molar-refractivity contribution in [3.63, 3.8) is 0 Å². The summed E-state index contributed by atoms with van der Waals surface area (Å²) in [6.07, 6.45) is 4.16. The summed E-state index contributed by atoms with van der Waals surface area (Å²) in [4.78, 5) is 0. The zero-order valence-electron chi connectivity index (χ0n) is 11.2. The number of nitrogens with one attached hydrogen (secondary N) is 2. The number of hydrogen-bond acceptors (Lipinski definition) is 4. The molecule has 1 aliphatic rings. The van der Waals surface area contributed by atoms with Crippen molar-refractivity contribution >= 4 is 10.0 Å². The molecule has 104 valence electrons. The number of sulfonamides is 1. The summed E-state index contributed by atoms with van der Waals surface area (Å²) >= 11 is 0. The van der Waals surface area contributed by atoms with E-state index >= 15 is 0 Å². The zero-order chi connectivity index (χ0) is 13.6. The minimum atomic E-state index is -3.51. The smallest absolute Gasteiger partial charge is 0.227 e. The van der Waals surface area contributed by atoms with E-state index in [1.54, 1.807) is 6.07 Å². The first-order valence-electron chi connectivity index (χ1n) is 6.54. The summed E-state index contributed by atoms with van der Waals surface area (Å²) < 4.78 is 26.2. The summed E-state index contributed by atoms with van der Waals surface area (Å²) in [5.74, 6) is 0. The molecule has 2 N–H and O–H groups in total. The van der Waals surface area contributed by atoms with E-state index in [1.165, 1.54) is 6.92 Å². The van der Waals surface area contributed by atoms with Crippen molar-refractivity contribution < 1.29 is 8.42 Å². The summed E-state index contributed by atoms with van der Waals surface area (Å²) in [7, 11) is -3.51. The van der Waals surface area contributed by atoms with Crippen LogP contribution in [0.2, 0.25) is 0 Å². The third kappa shape index (κ3) is 3.94. The predicted octanol–water partition coefficient (Wildman–Crippen LogP) is 0.988. The quantitative estimate of drug-likeness (QED) is 0.756. The van der Waals surface area contributed by atoms with E-state index in [4.69, 9.17) is 5.26 Å². The molecule has 0 amide bonds. The van der Waals surface area contributed by atoms with Crippen LogP contribution in [0.3, 0.4) is 0 Å². The van der Waals surface area contributed by atoms with Crippen LogP contribution in [0, 0.1) is 16.7 Å². The molecule has 0 saturated carbocycles. The van der Waals surface area contributed by atoms with Crippen LogP contribution in [-0.2, 0) is 10.0 Å². The predicted molar refractivity (Wildman–Crippen MR) is 71.4 cm³/mol. The van der Waals surface area contributed by atoms with E-state index in [0.29, 0.717) is 6.54 Å². The summed E-state index contributed by atoms with van der Waals surface area (Å²) in [5, 5.41) is 11.0. The Morgan fingerprint density at radius 3 is 2.78 bits per heavy atom. The lowest BCUT2D eigenvalue weighted by Gasteiger charge is -2.37. The summed E-state index contributed by atoms with van der Waals surface area (Å²) in [6, 6.07) is 1.77. The average Bonchev–Trinajstić information content (AvgIpc) is 2.37. The summed E-state index contributed by atoms with van der Waals surface area (Å²) in [6.45, 7) is 5.82. The second kappa shape index (κ2) is 6.50. The Morgan fingerprint density at radius 1 is 1.56 bits per heavy atom. The standard InChI is InChI=1S/C12H23N3O2S/c1-3-5-12(6-4-7-14-9-12)10-15-18(16,17)11(2)8-13/h11,14-15H,3-7,9-10H2,1-2H3. The van der Waals surface area contributed by atoms with Gasteiger partial charge in [-0.25, -0.2) is 13.1 Å². The van der Waals surface area contributed by atoms with Gasteiger partial charge in [0.15, 0.2) is 5.25 Å². The van der Waals surface area contributed by atoms with Gasteiger partial charge in [-0.2, -0.15) is 5.26 Å². The Balaban J connectivity index is 2.66. The van der Waals surface area contributed by atoms with Gasteiger partial charge < -0.3 is 5.32 Å². The average molecular weight is 273 g/mol. The molecule has 0 radical (unpaired) electrons. The van der Waals surface area contributed by atoms with Gasteiger partial charge in [0, 0.05) is 13.1 Å². The highest BCUT2D eigenvalue weighted by Gasteiger charge is 2.33. The second-order valence-electron chi connectivity index (χ2n) is 5.17. The molecule has 0 spiro atoms. The van der Waals surface area contributed by atoms with Crippen molar-refractivity contribution in [3.8, 4) is 6.07 Å². The molecule has 1 fully saturated rings. The molecule has 1 saturated heterocycles. The van der Waals surface area contributed by atoms with Crippen LogP contribution in [0.4, 0.5) is 0 Å². The van der Waals surface area contributed by atoms with Gasteiger partial charge in [0.1, 0.15) is 0 Å². The van der Waals surface area contributed by atoms with E-state index in [0.717, 1.165) is 38.8 Å². The minimum absolute atomic E-state index is 0.00917. The largest absolute Gasteiger partial charge is 0.316 e. The number of hydrogen-bond donors (Lipinski definition) is 2. The molecule has 2 atom stereocenters. The molecule has 0 aliphatic carbocycles. The van der Waals surface area contributed by atoms with Crippen LogP contribution in [0.15, 0.2) is 0 Å². The molecular weight excluding hydrogens is 250 g/mol. The first-order chi connectivity index (χ1) is 8.46. The molecule has 1 rings (SSSR count). The molecule has 5 nitrogen and oxygen atoms in total. The molecule has 1 heterocycles. The third-order valence-electron chi connectivity index (χ3n) is 3.64. The maximum Gasteiger partial charge on any atom is 0.227 e. The third-order valence-corrected chi connectivity index (χ3v) is 5.22. The fourth-order valence-corrected chi connectivity index (χ4v) is 3.36. The van der Waals surface area contributed by atoms with Gasteiger partial charge in [0.25, 0.3) is 0 Å². The molecule has 0 aromatic heterocycles. The van der Waals surface area contributed by atoms with Crippen molar-refractivity contribution in [3.05, 3.63) is 0 Å². The fraction of sp³-hybridized carbons (Fsp3) is 0.917. The summed E-state index contributed by atoms with van der Waals surface area (Å²) in [5.41, 5.74) is 0.00917. The first kappa shape index (κ1) is 15.4. The Labute approximate surface area is 110 Å². The number of rotatable bonds is 6. The Morgan fingerprint density at radius 2 is 2.28 bits per heavy atom. The van der Waals surface area contributed by atoms with E-state index < -0.39 is 15.3 Å². The lowest BCUT2D eigenvalue weighted by atomic mass is 9.77. The number of nitrogens with zero attached hydrogens (tertiary/aromatic N) is 1. The van der Waals surface area contributed by atoms with Crippen LogP contribution < -0.4 is 10.0 Å². The molecule has 6 heteroatoms. The molecule has 0 bridgehead atoms. The highest BCUT2D eigenvalue weighted by atomic mass is 32.2. The Hall–Kier alpha value is -0.640. The second-order valence-corrected chi connectivity index (χ2v) is 7.25. The Kier molecular flexibility index (Phi) is 5.57. The van der Waals surface area contributed by atoms with Gasteiger partial charge in [0.2, 0.25) is 10.0 Å². The molecule has 0 aromatic carbocycles. The molecule has 1 aliphatic heterocycles. The first-order valence-corrected chi connectivity index (χ1v) is 8.09. The van der Waals surface area contributed by atoms with Gasteiger partial charge in [-0.3, -0.25) is 0 Å². The van der Waals surface area contributed by atoms with Gasteiger partial charge in [-0.15, -0.1) is 0 Å². The van der Waals surface area contributed by atoms with Crippen LogP contribution in [0.5, 0.6) is 0 Å². The number of nitriles is 1. The molecular formula is C12H23N3O2S. The van der Waals surface area contributed by atoms with E-state index in [-0.39, 0.29) is 5.41 Å². The van der Waals surface area contributed by atoms with E-state index in [9.17, 15) is 8.42 Å². The van der Waals surface area contributed by atoms with Crippen molar-refractivity contribution in [1.82, 2.24) is 10.0 Å². The van der Waals surface area contributed by atoms with Crippen LogP contribution in [-0.4, -0.2) is 33.3 Å². The molecule has 18 heavy (non-hydrogen) atoms. The SMILES string of the molecule is CCCC1(CNS(=O)(=O)C(C)C#N)CCCNC1. The van der Waals surface area contributed by atoms with Crippen molar-refractivity contribution in [2.75, 3.05) is 19.6 Å². The fourth-order valence-electron chi connectivity index (χ4n) is 2.46. The van der Waals surface area contributed by atoms with Crippen molar-refractivity contribution in [2.45, 2.75) is 44.8 Å². The number of piperidine rings is 1. The zero-order valence-corrected chi connectivity index (χ0v) is 12.0. The topological polar surface area (TPSA) is 82.0 Å². The van der Waals surface area contributed by atoms with Gasteiger partial charge >= 0.3 is 0 Å². The highest BCUT2D eigenvalue weighted by Crippen LogP contribution is 2.31. The van der Waals surface area contributed by atoms with E-state index in [2.05, 4.69) is 17.0 Å². The maximum absolute atomic E-state index is 11.8.